The monoisotopic (exact) mass is 346 g/mol. The molecule has 2 aromatic rings. The third kappa shape index (κ3) is 5.25. The molecule has 0 radical (unpaired) electrons. The Morgan fingerprint density at radius 2 is 1.71 bits per heavy atom. The van der Waals surface area contributed by atoms with Crippen LogP contribution in [0.1, 0.15) is 19.3 Å². The molecule has 0 unspecified atom stereocenters. The second-order valence-electron chi connectivity index (χ2n) is 5.86. The zero-order valence-corrected chi connectivity index (χ0v) is 14.4. The van der Waals surface area contributed by atoms with Crippen molar-refractivity contribution >= 4 is 24.0 Å². The van der Waals surface area contributed by atoms with Crippen LogP contribution in [0.15, 0.2) is 54.6 Å². The molecule has 128 valence electrons. The van der Waals surface area contributed by atoms with Gasteiger partial charge < -0.3 is 15.4 Å². The number of carbonyl (C=O) groups excluding carboxylic acids is 1. The predicted molar refractivity (Wildman–Crippen MR) is 99.0 cm³/mol. The van der Waals surface area contributed by atoms with Crippen LogP contribution in [0.25, 0.3) is 0 Å². The molecule has 0 saturated carbocycles. The highest BCUT2D eigenvalue weighted by molar-refractivity contribution is 5.92. The number of ether oxygens (including phenoxy) is 1. The van der Waals surface area contributed by atoms with Gasteiger partial charge in [-0.05, 0) is 56.1 Å². The van der Waals surface area contributed by atoms with Gasteiger partial charge in [-0.1, -0.05) is 30.3 Å². The number of halogens is 1. The van der Waals surface area contributed by atoms with Crippen LogP contribution in [0.2, 0.25) is 0 Å². The molecular formula is C19H23ClN2O2. The van der Waals surface area contributed by atoms with Crippen LogP contribution < -0.4 is 15.4 Å². The number of para-hydroxylation sites is 3. The SMILES string of the molecule is Cl.O=C(CC1CCNCC1)Nc1ccccc1Oc1ccccc1. The molecule has 1 aliphatic heterocycles. The van der Waals surface area contributed by atoms with Crippen molar-refractivity contribution in [2.45, 2.75) is 19.3 Å². The molecule has 2 aromatic carbocycles. The molecule has 1 fully saturated rings. The van der Waals surface area contributed by atoms with Crippen molar-refractivity contribution in [3.8, 4) is 11.5 Å². The second-order valence-corrected chi connectivity index (χ2v) is 5.86. The zero-order valence-electron chi connectivity index (χ0n) is 13.5. The lowest BCUT2D eigenvalue weighted by Gasteiger charge is -2.22. The van der Waals surface area contributed by atoms with E-state index in [4.69, 9.17) is 4.74 Å². The molecule has 1 aliphatic rings. The molecule has 1 amide bonds. The van der Waals surface area contributed by atoms with Crippen molar-refractivity contribution < 1.29 is 9.53 Å². The Labute approximate surface area is 149 Å². The minimum absolute atomic E-state index is 0. The quantitative estimate of drug-likeness (QED) is 0.851. The second kappa shape index (κ2) is 9.30. The molecule has 0 bridgehead atoms. The average molecular weight is 347 g/mol. The Morgan fingerprint density at radius 3 is 2.46 bits per heavy atom. The van der Waals surface area contributed by atoms with Gasteiger partial charge in [0.1, 0.15) is 5.75 Å². The summed E-state index contributed by atoms with van der Waals surface area (Å²) in [5.41, 5.74) is 0.718. The summed E-state index contributed by atoms with van der Waals surface area (Å²) in [4.78, 5) is 12.3. The van der Waals surface area contributed by atoms with Gasteiger partial charge in [0, 0.05) is 6.42 Å². The first-order chi connectivity index (χ1) is 11.3. The maximum atomic E-state index is 12.3. The van der Waals surface area contributed by atoms with Gasteiger partial charge >= 0.3 is 0 Å². The fourth-order valence-electron chi connectivity index (χ4n) is 2.82. The largest absolute Gasteiger partial charge is 0.455 e. The van der Waals surface area contributed by atoms with Crippen LogP contribution >= 0.6 is 12.4 Å². The Bertz CT molecular complexity index is 643. The maximum absolute atomic E-state index is 12.3. The number of benzene rings is 2. The number of piperidine rings is 1. The summed E-state index contributed by atoms with van der Waals surface area (Å²) in [5.74, 6) is 1.95. The van der Waals surface area contributed by atoms with E-state index in [2.05, 4.69) is 10.6 Å². The van der Waals surface area contributed by atoms with Crippen LogP contribution in [-0.4, -0.2) is 19.0 Å². The first-order valence-corrected chi connectivity index (χ1v) is 8.14. The fourth-order valence-corrected chi connectivity index (χ4v) is 2.82. The maximum Gasteiger partial charge on any atom is 0.224 e. The van der Waals surface area contributed by atoms with Gasteiger partial charge in [0.05, 0.1) is 5.69 Å². The number of hydrogen-bond donors (Lipinski definition) is 2. The third-order valence-corrected chi connectivity index (χ3v) is 4.06. The van der Waals surface area contributed by atoms with Crippen molar-refractivity contribution in [2.75, 3.05) is 18.4 Å². The number of amides is 1. The average Bonchev–Trinajstić information content (AvgIpc) is 2.58. The summed E-state index contributed by atoms with van der Waals surface area (Å²) in [6.45, 7) is 2.01. The normalized spacial score (nSPS) is 14.5. The summed E-state index contributed by atoms with van der Waals surface area (Å²) in [5, 5.41) is 6.32. The minimum Gasteiger partial charge on any atom is -0.455 e. The summed E-state index contributed by atoms with van der Waals surface area (Å²) in [6.07, 6.45) is 2.70. The standard InChI is InChI=1S/C19H22N2O2.ClH/c22-19(14-15-10-12-20-13-11-15)21-17-8-4-5-9-18(17)23-16-6-2-1-3-7-16;/h1-9,15,20H,10-14H2,(H,21,22);1H. The Balaban J connectivity index is 0.00000208. The number of anilines is 1. The highest BCUT2D eigenvalue weighted by atomic mass is 35.5. The van der Waals surface area contributed by atoms with E-state index in [1.54, 1.807) is 0 Å². The lowest BCUT2D eigenvalue weighted by molar-refractivity contribution is -0.117. The number of rotatable bonds is 5. The lowest BCUT2D eigenvalue weighted by Crippen LogP contribution is -2.30. The van der Waals surface area contributed by atoms with Crippen molar-refractivity contribution in [3.63, 3.8) is 0 Å². The minimum atomic E-state index is 0. The highest BCUT2D eigenvalue weighted by Gasteiger charge is 2.17. The number of nitrogens with one attached hydrogen (secondary N) is 2. The topological polar surface area (TPSA) is 50.4 Å². The van der Waals surface area contributed by atoms with Gasteiger partial charge in [0.25, 0.3) is 0 Å². The van der Waals surface area contributed by atoms with Gasteiger partial charge in [-0.2, -0.15) is 0 Å². The molecule has 0 spiro atoms. The number of carbonyl (C=O) groups is 1. The molecule has 0 aromatic heterocycles. The van der Waals surface area contributed by atoms with Crippen LogP contribution in [0, 0.1) is 5.92 Å². The summed E-state index contributed by atoms with van der Waals surface area (Å²) >= 11 is 0. The molecule has 1 heterocycles. The van der Waals surface area contributed by atoms with E-state index >= 15 is 0 Å². The Morgan fingerprint density at radius 1 is 1.04 bits per heavy atom. The fraction of sp³-hybridized carbons (Fsp3) is 0.316. The molecular weight excluding hydrogens is 324 g/mol. The van der Waals surface area contributed by atoms with Crippen LogP contribution in [0.4, 0.5) is 5.69 Å². The summed E-state index contributed by atoms with van der Waals surface area (Å²) in [6, 6.07) is 17.1. The zero-order chi connectivity index (χ0) is 15.9. The van der Waals surface area contributed by atoms with Crippen molar-refractivity contribution in [2.24, 2.45) is 5.92 Å². The molecule has 1 saturated heterocycles. The summed E-state index contributed by atoms with van der Waals surface area (Å²) in [7, 11) is 0. The van der Waals surface area contributed by atoms with Crippen molar-refractivity contribution in [3.05, 3.63) is 54.6 Å². The first kappa shape index (κ1) is 18.3. The van der Waals surface area contributed by atoms with Crippen LogP contribution in [0.5, 0.6) is 11.5 Å². The van der Waals surface area contributed by atoms with E-state index in [1.165, 1.54) is 0 Å². The molecule has 24 heavy (non-hydrogen) atoms. The van der Waals surface area contributed by atoms with Gasteiger partial charge in [-0.15, -0.1) is 12.4 Å². The van der Waals surface area contributed by atoms with Gasteiger partial charge in [0.15, 0.2) is 5.75 Å². The van der Waals surface area contributed by atoms with E-state index in [1.807, 2.05) is 54.6 Å². The van der Waals surface area contributed by atoms with Gasteiger partial charge in [0.2, 0.25) is 5.91 Å². The molecule has 0 aliphatic carbocycles. The Kier molecular flexibility index (Phi) is 7.09. The van der Waals surface area contributed by atoms with Crippen molar-refractivity contribution in [1.29, 1.82) is 0 Å². The molecule has 4 nitrogen and oxygen atoms in total. The van der Waals surface area contributed by atoms with Crippen LogP contribution in [0.3, 0.4) is 0 Å². The first-order valence-electron chi connectivity index (χ1n) is 8.14. The van der Waals surface area contributed by atoms with E-state index < -0.39 is 0 Å². The Hall–Kier alpha value is -2.04. The van der Waals surface area contributed by atoms with Gasteiger partial charge in [-0.3, -0.25) is 4.79 Å². The van der Waals surface area contributed by atoms with E-state index in [9.17, 15) is 4.79 Å². The predicted octanol–water partition coefficient (Wildman–Crippen LogP) is 4.23. The smallest absolute Gasteiger partial charge is 0.224 e. The molecule has 2 N–H and O–H groups in total. The van der Waals surface area contributed by atoms with E-state index in [0.717, 1.165) is 37.4 Å². The van der Waals surface area contributed by atoms with E-state index in [0.29, 0.717) is 18.1 Å². The third-order valence-electron chi connectivity index (χ3n) is 4.06. The highest BCUT2D eigenvalue weighted by Crippen LogP contribution is 2.29. The van der Waals surface area contributed by atoms with Crippen molar-refractivity contribution in [1.82, 2.24) is 5.32 Å². The van der Waals surface area contributed by atoms with Crippen LogP contribution in [-0.2, 0) is 4.79 Å². The van der Waals surface area contributed by atoms with E-state index in [-0.39, 0.29) is 18.3 Å². The van der Waals surface area contributed by atoms with Gasteiger partial charge in [-0.25, -0.2) is 0 Å². The number of hydrogen-bond acceptors (Lipinski definition) is 3. The molecule has 5 heteroatoms. The summed E-state index contributed by atoms with van der Waals surface area (Å²) < 4.78 is 5.88. The molecule has 0 atom stereocenters. The lowest BCUT2D eigenvalue weighted by atomic mass is 9.94. The molecule has 3 rings (SSSR count).